The van der Waals surface area contributed by atoms with Gasteiger partial charge in [-0.2, -0.15) is 0 Å². The van der Waals surface area contributed by atoms with E-state index in [-0.39, 0.29) is 24.4 Å². The van der Waals surface area contributed by atoms with E-state index in [1.165, 1.54) is 0 Å². The number of carboxylic acids is 1. The number of ether oxygens (including phenoxy) is 1. The molecule has 0 aromatic rings. The van der Waals surface area contributed by atoms with Crippen LogP contribution in [0.4, 0.5) is 4.79 Å². The van der Waals surface area contributed by atoms with E-state index < -0.39 is 24.0 Å². The smallest absolute Gasteiger partial charge is 0.408 e. The monoisotopic (exact) mass is 328 g/mol. The molecule has 23 heavy (non-hydrogen) atoms. The molecule has 0 aromatic carbocycles. The first kappa shape index (κ1) is 19.3. The molecule has 1 fully saturated rings. The maximum Gasteiger partial charge on any atom is 0.408 e. The van der Waals surface area contributed by atoms with Crippen LogP contribution in [-0.2, 0) is 14.3 Å². The molecule has 0 spiro atoms. The zero-order chi connectivity index (χ0) is 17.6. The Labute approximate surface area is 136 Å². The average Bonchev–Trinajstić information content (AvgIpc) is 2.42. The highest BCUT2D eigenvalue weighted by atomic mass is 16.6. The van der Waals surface area contributed by atoms with Crippen molar-refractivity contribution in [3.05, 3.63) is 0 Å². The number of hydrogen-bond donors (Lipinski definition) is 3. The Bertz CT molecular complexity index is 436. The van der Waals surface area contributed by atoms with Crippen LogP contribution in [0.25, 0.3) is 0 Å². The van der Waals surface area contributed by atoms with Gasteiger partial charge in [0.1, 0.15) is 12.1 Å². The SMILES string of the molecule is CC(C)(C)C1CCC(OC(=O)N[C@@H](CCC(N)=O)C(=O)O)CC1. The molecule has 1 saturated carbocycles. The molecular weight excluding hydrogens is 300 g/mol. The molecule has 0 unspecified atom stereocenters. The maximum absolute atomic E-state index is 11.8. The zero-order valence-electron chi connectivity index (χ0n) is 14.1. The summed E-state index contributed by atoms with van der Waals surface area (Å²) in [5.41, 5.74) is 5.24. The largest absolute Gasteiger partial charge is 0.480 e. The lowest BCUT2D eigenvalue weighted by Gasteiger charge is -2.36. The van der Waals surface area contributed by atoms with Crippen LogP contribution < -0.4 is 11.1 Å². The van der Waals surface area contributed by atoms with Crippen molar-refractivity contribution in [2.24, 2.45) is 17.1 Å². The normalized spacial score (nSPS) is 22.9. The number of rotatable bonds is 6. The van der Waals surface area contributed by atoms with Crippen molar-refractivity contribution in [1.82, 2.24) is 5.32 Å². The topological polar surface area (TPSA) is 119 Å². The summed E-state index contributed by atoms with van der Waals surface area (Å²) >= 11 is 0. The minimum absolute atomic E-state index is 0.0451. The van der Waals surface area contributed by atoms with Gasteiger partial charge in [0.25, 0.3) is 0 Å². The van der Waals surface area contributed by atoms with Crippen LogP contribution in [0.15, 0.2) is 0 Å². The molecule has 2 amide bonds. The standard InChI is InChI=1S/C16H28N2O5/c1-16(2,3)10-4-6-11(7-5-10)23-15(22)18-12(14(20)21)8-9-13(17)19/h10-12H,4-9H2,1-3H3,(H2,17,19)(H,18,22)(H,20,21)/t10?,11?,12-/m0/s1. The number of hydrogen-bond acceptors (Lipinski definition) is 4. The number of amides is 2. The third-order valence-electron chi connectivity index (χ3n) is 4.44. The van der Waals surface area contributed by atoms with Crippen LogP contribution in [0.2, 0.25) is 0 Å². The van der Waals surface area contributed by atoms with E-state index in [1.54, 1.807) is 0 Å². The molecule has 7 nitrogen and oxygen atoms in total. The first-order valence-corrected chi connectivity index (χ1v) is 8.08. The first-order chi connectivity index (χ1) is 10.6. The Morgan fingerprint density at radius 1 is 1.22 bits per heavy atom. The second kappa shape index (κ2) is 8.17. The van der Waals surface area contributed by atoms with Crippen LogP contribution in [-0.4, -0.2) is 35.2 Å². The van der Waals surface area contributed by atoms with E-state index in [2.05, 4.69) is 26.1 Å². The van der Waals surface area contributed by atoms with E-state index in [9.17, 15) is 14.4 Å². The van der Waals surface area contributed by atoms with Crippen molar-refractivity contribution in [3.63, 3.8) is 0 Å². The van der Waals surface area contributed by atoms with Crippen molar-refractivity contribution in [1.29, 1.82) is 0 Å². The van der Waals surface area contributed by atoms with Gasteiger partial charge in [-0.15, -0.1) is 0 Å². The molecule has 1 atom stereocenters. The summed E-state index contributed by atoms with van der Waals surface area (Å²) in [6.07, 6.45) is 2.48. The number of alkyl carbamates (subject to hydrolysis) is 1. The van der Waals surface area contributed by atoms with Crippen LogP contribution in [0.5, 0.6) is 0 Å². The van der Waals surface area contributed by atoms with E-state index in [0.29, 0.717) is 5.92 Å². The summed E-state index contributed by atoms with van der Waals surface area (Å²) in [6.45, 7) is 6.63. The predicted molar refractivity (Wildman–Crippen MR) is 84.7 cm³/mol. The van der Waals surface area contributed by atoms with E-state index in [4.69, 9.17) is 15.6 Å². The predicted octanol–water partition coefficient (Wildman–Crippen LogP) is 2.04. The van der Waals surface area contributed by atoms with Crippen molar-refractivity contribution in [2.45, 2.75) is 71.4 Å². The molecule has 0 heterocycles. The van der Waals surface area contributed by atoms with Crippen LogP contribution in [0.1, 0.15) is 59.3 Å². The number of nitrogens with two attached hydrogens (primary N) is 1. The number of carbonyl (C=O) groups is 3. The van der Waals surface area contributed by atoms with Crippen LogP contribution in [0, 0.1) is 11.3 Å². The van der Waals surface area contributed by atoms with Gasteiger partial charge in [0, 0.05) is 6.42 Å². The number of aliphatic carboxylic acids is 1. The van der Waals surface area contributed by atoms with Gasteiger partial charge in [-0.1, -0.05) is 20.8 Å². The lowest BCUT2D eigenvalue weighted by Crippen LogP contribution is -2.43. The number of primary amides is 1. The summed E-state index contributed by atoms with van der Waals surface area (Å²) in [6, 6.07) is -1.17. The molecule has 1 rings (SSSR count). The summed E-state index contributed by atoms with van der Waals surface area (Å²) < 4.78 is 5.31. The maximum atomic E-state index is 11.8. The fraction of sp³-hybridized carbons (Fsp3) is 0.812. The fourth-order valence-electron chi connectivity index (χ4n) is 2.92. The van der Waals surface area contributed by atoms with Gasteiger partial charge in [0.05, 0.1) is 0 Å². The first-order valence-electron chi connectivity index (χ1n) is 8.08. The number of nitrogens with one attached hydrogen (secondary N) is 1. The molecule has 0 saturated heterocycles. The number of carboxylic acid groups (broad SMARTS) is 1. The van der Waals surface area contributed by atoms with Gasteiger partial charge in [0.2, 0.25) is 5.91 Å². The van der Waals surface area contributed by atoms with Gasteiger partial charge in [-0.3, -0.25) is 4.79 Å². The zero-order valence-corrected chi connectivity index (χ0v) is 14.1. The minimum Gasteiger partial charge on any atom is -0.480 e. The molecular formula is C16H28N2O5. The Balaban J connectivity index is 2.41. The minimum atomic E-state index is -1.21. The molecule has 0 aliphatic heterocycles. The average molecular weight is 328 g/mol. The molecule has 1 aliphatic carbocycles. The van der Waals surface area contributed by atoms with Crippen LogP contribution in [0.3, 0.4) is 0 Å². The molecule has 132 valence electrons. The third-order valence-corrected chi connectivity index (χ3v) is 4.44. The lowest BCUT2D eigenvalue weighted by atomic mass is 9.72. The summed E-state index contributed by atoms with van der Waals surface area (Å²) in [5.74, 6) is -1.21. The second-order valence-electron chi connectivity index (χ2n) is 7.29. The van der Waals surface area contributed by atoms with Crippen molar-refractivity contribution >= 4 is 18.0 Å². The lowest BCUT2D eigenvalue weighted by molar-refractivity contribution is -0.139. The molecule has 0 bridgehead atoms. The fourth-order valence-corrected chi connectivity index (χ4v) is 2.92. The van der Waals surface area contributed by atoms with Crippen molar-refractivity contribution in [2.75, 3.05) is 0 Å². The Kier molecular flexibility index (Phi) is 6.84. The summed E-state index contributed by atoms with van der Waals surface area (Å²) in [7, 11) is 0. The van der Waals surface area contributed by atoms with Gasteiger partial charge in [-0.05, 0) is 43.4 Å². The molecule has 0 aromatic heterocycles. The Morgan fingerprint density at radius 2 is 1.78 bits per heavy atom. The molecule has 7 heteroatoms. The quantitative estimate of drug-likeness (QED) is 0.689. The van der Waals surface area contributed by atoms with Gasteiger partial charge >= 0.3 is 12.1 Å². The van der Waals surface area contributed by atoms with Crippen molar-refractivity contribution < 1.29 is 24.2 Å². The number of carbonyl (C=O) groups excluding carboxylic acids is 2. The van der Waals surface area contributed by atoms with Gasteiger partial charge in [-0.25, -0.2) is 9.59 Å². The highest BCUT2D eigenvalue weighted by Crippen LogP contribution is 2.38. The third kappa shape index (κ3) is 6.88. The Morgan fingerprint density at radius 3 is 2.22 bits per heavy atom. The summed E-state index contributed by atoms with van der Waals surface area (Å²) in [5, 5.41) is 11.3. The summed E-state index contributed by atoms with van der Waals surface area (Å²) in [4.78, 5) is 33.6. The van der Waals surface area contributed by atoms with E-state index in [1.807, 2.05) is 0 Å². The molecule has 1 aliphatic rings. The van der Waals surface area contributed by atoms with E-state index in [0.717, 1.165) is 25.7 Å². The molecule has 4 N–H and O–H groups in total. The second-order valence-corrected chi connectivity index (χ2v) is 7.29. The molecule has 0 radical (unpaired) electrons. The van der Waals surface area contributed by atoms with Gasteiger partial charge in [0.15, 0.2) is 0 Å². The van der Waals surface area contributed by atoms with Crippen LogP contribution >= 0.6 is 0 Å². The highest BCUT2D eigenvalue weighted by Gasteiger charge is 2.31. The Hall–Kier alpha value is -1.79. The van der Waals surface area contributed by atoms with Crippen molar-refractivity contribution in [3.8, 4) is 0 Å². The van der Waals surface area contributed by atoms with E-state index >= 15 is 0 Å². The highest BCUT2D eigenvalue weighted by molar-refractivity contribution is 5.81. The van der Waals surface area contributed by atoms with Gasteiger partial charge < -0.3 is 20.9 Å².